The van der Waals surface area contributed by atoms with Gasteiger partial charge in [0.05, 0.1) is 19.1 Å². The summed E-state index contributed by atoms with van der Waals surface area (Å²) in [4.78, 5) is 27.4. The van der Waals surface area contributed by atoms with Crippen LogP contribution in [0.15, 0.2) is 42.5 Å². The fourth-order valence-electron chi connectivity index (χ4n) is 4.00. The number of carbonyl (C=O) groups excluding carboxylic acids is 2. The van der Waals surface area contributed by atoms with E-state index in [1.807, 2.05) is 57.2 Å². The molecule has 8 nitrogen and oxygen atoms in total. The van der Waals surface area contributed by atoms with Gasteiger partial charge in [-0.3, -0.25) is 13.9 Å². The SMILES string of the molecule is CC[C@@H](C(=O)NC)N(Cc1ccc(OC)cc1)C(=O)CCCN(c1cccc(C)c1C)S(C)(=O)=O. The lowest BCUT2D eigenvalue weighted by atomic mass is 10.1. The van der Waals surface area contributed by atoms with E-state index in [2.05, 4.69) is 5.32 Å². The summed E-state index contributed by atoms with van der Waals surface area (Å²) in [7, 11) is -0.401. The fraction of sp³-hybridized carbons (Fsp3) is 0.462. The zero-order chi connectivity index (χ0) is 26.2. The molecule has 2 amide bonds. The van der Waals surface area contributed by atoms with Gasteiger partial charge in [-0.25, -0.2) is 8.42 Å². The van der Waals surface area contributed by atoms with Crippen LogP contribution in [-0.4, -0.2) is 58.1 Å². The molecule has 0 aliphatic rings. The number of rotatable bonds is 12. The molecule has 0 unspecified atom stereocenters. The summed E-state index contributed by atoms with van der Waals surface area (Å²) >= 11 is 0. The average Bonchev–Trinajstić information content (AvgIpc) is 2.83. The standard InChI is InChI=1S/C26H37N3O5S/c1-7-23(26(31)27-4)28(18-21-13-15-22(34-5)16-14-21)25(30)12-9-17-29(35(6,32)33)24-11-8-10-19(2)20(24)3/h8,10-11,13-16,23H,7,9,12,17-18H2,1-6H3,(H,27,31)/t23-/m0/s1. The van der Waals surface area contributed by atoms with Gasteiger partial charge in [-0.05, 0) is 61.6 Å². The molecule has 0 fully saturated rings. The van der Waals surface area contributed by atoms with Crippen molar-refractivity contribution >= 4 is 27.5 Å². The van der Waals surface area contributed by atoms with Gasteiger partial charge < -0.3 is 15.0 Å². The maximum atomic E-state index is 13.3. The first kappa shape index (κ1) is 28.2. The van der Waals surface area contributed by atoms with Gasteiger partial charge >= 0.3 is 0 Å². The molecule has 1 N–H and O–H groups in total. The fourth-order valence-corrected chi connectivity index (χ4v) is 5.02. The van der Waals surface area contributed by atoms with Gasteiger partial charge in [-0.15, -0.1) is 0 Å². The minimum Gasteiger partial charge on any atom is -0.497 e. The molecule has 2 aromatic carbocycles. The van der Waals surface area contributed by atoms with Crippen LogP contribution in [0.4, 0.5) is 5.69 Å². The number of likely N-dealkylation sites (N-methyl/N-ethyl adjacent to an activating group) is 1. The number of benzene rings is 2. The first-order valence-corrected chi connectivity index (χ1v) is 13.6. The molecular weight excluding hydrogens is 466 g/mol. The number of hydrogen-bond acceptors (Lipinski definition) is 5. The minimum absolute atomic E-state index is 0.112. The number of anilines is 1. The lowest BCUT2D eigenvalue weighted by Crippen LogP contribution is -2.48. The minimum atomic E-state index is -3.54. The highest BCUT2D eigenvalue weighted by atomic mass is 32.2. The maximum absolute atomic E-state index is 13.3. The normalized spacial score (nSPS) is 12.1. The van der Waals surface area contributed by atoms with E-state index in [-0.39, 0.29) is 31.3 Å². The lowest BCUT2D eigenvalue weighted by molar-refractivity contribution is -0.141. The Labute approximate surface area is 209 Å². The summed E-state index contributed by atoms with van der Waals surface area (Å²) in [6.45, 7) is 6.12. The molecule has 0 saturated heterocycles. The first-order chi connectivity index (χ1) is 16.5. The summed E-state index contributed by atoms with van der Waals surface area (Å²) in [6, 6.07) is 12.3. The van der Waals surface area contributed by atoms with Crippen LogP contribution in [0.5, 0.6) is 5.75 Å². The smallest absolute Gasteiger partial charge is 0.242 e. The number of carbonyl (C=O) groups is 2. The number of nitrogens with one attached hydrogen (secondary N) is 1. The van der Waals surface area contributed by atoms with Gasteiger partial charge in [0.2, 0.25) is 21.8 Å². The summed E-state index contributed by atoms with van der Waals surface area (Å²) < 4.78 is 31.7. The van der Waals surface area contributed by atoms with Gasteiger partial charge in [-0.2, -0.15) is 0 Å². The third-order valence-electron chi connectivity index (χ3n) is 6.14. The number of ether oxygens (including phenoxy) is 1. The first-order valence-electron chi connectivity index (χ1n) is 11.7. The van der Waals surface area contributed by atoms with Crippen LogP contribution in [0.25, 0.3) is 0 Å². The highest BCUT2D eigenvalue weighted by Crippen LogP contribution is 2.25. The molecule has 0 aliphatic carbocycles. The summed E-state index contributed by atoms with van der Waals surface area (Å²) in [5, 5.41) is 2.64. The zero-order valence-corrected chi connectivity index (χ0v) is 22.3. The van der Waals surface area contributed by atoms with E-state index in [9.17, 15) is 18.0 Å². The second-order valence-corrected chi connectivity index (χ2v) is 10.5. The van der Waals surface area contributed by atoms with Crippen LogP contribution in [0, 0.1) is 13.8 Å². The molecule has 0 radical (unpaired) electrons. The molecule has 2 aromatic rings. The van der Waals surface area contributed by atoms with E-state index in [0.717, 1.165) is 16.7 Å². The van der Waals surface area contributed by atoms with Gasteiger partial charge in [0.25, 0.3) is 0 Å². The van der Waals surface area contributed by atoms with Crippen LogP contribution in [0.1, 0.15) is 42.9 Å². The number of hydrogen-bond donors (Lipinski definition) is 1. The van der Waals surface area contributed by atoms with Crippen molar-refractivity contribution in [1.82, 2.24) is 10.2 Å². The number of nitrogens with zero attached hydrogens (tertiary/aromatic N) is 2. The number of aryl methyl sites for hydroxylation is 1. The molecule has 2 rings (SSSR count). The second kappa shape index (κ2) is 12.6. The van der Waals surface area contributed by atoms with Crippen molar-refractivity contribution in [3.63, 3.8) is 0 Å². The Balaban J connectivity index is 2.22. The molecule has 0 saturated carbocycles. The second-order valence-electron chi connectivity index (χ2n) is 8.57. The zero-order valence-electron chi connectivity index (χ0n) is 21.5. The summed E-state index contributed by atoms with van der Waals surface area (Å²) in [5.74, 6) is 0.269. The summed E-state index contributed by atoms with van der Waals surface area (Å²) in [6.07, 6.45) is 2.06. The predicted molar refractivity (Wildman–Crippen MR) is 139 cm³/mol. The van der Waals surface area contributed by atoms with Crippen molar-refractivity contribution in [1.29, 1.82) is 0 Å². The van der Waals surface area contributed by atoms with Crippen LogP contribution >= 0.6 is 0 Å². The third kappa shape index (κ3) is 7.45. The molecule has 1 atom stereocenters. The number of methoxy groups -OCH3 is 1. The molecule has 35 heavy (non-hydrogen) atoms. The van der Waals surface area contributed by atoms with Gasteiger partial charge in [0.15, 0.2) is 0 Å². The van der Waals surface area contributed by atoms with Crippen LogP contribution < -0.4 is 14.4 Å². The quantitative estimate of drug-likeness (QED) is 0.479. The van der Waals surface area contributed by atoms with Crippen LogP contribution in [0.3, 0.4) is 0 Å². The molecule has 0 spiro atoms. The van der Waals surface area contributed by atoms with Crippen molar-refractivity contribution in [2.24, 2.45) is 0 Å². The Morgan fingerprint density at radius 2 is 1.74 bits per heavy atom. The summed E-state index contributed by atoms with van der Waals surface area (Å²) in [5.41, 5.74) is 3.37. The van der Waals surface area contributed by atoms with Gasteiger partial charge in [0, 0.05) is 26.6 Å². The third-order valence-corrected chi connectivity index (χ3v) is 7.32. The van der Waals surface area contributed by atoms with Gasteiger partial charge in [-0.1, -0.05) is 31.2 Å². The Bertz CT molecular complexity index is 1120. The topological polar surface area (TPSA) is 96.0 Å². The number of amides is 2. The number of sulfonamides is 1. The highest BCUT2D eigenvalue weighted by molar-refractivity contribution is 7.92. The van der Waals surface area contributed by atoms with E-state index in [0.29, 0.717) is 24.3 Å². The Kier molecular flexibility index (Phi) is 10.1. The molecule has 0 heterocycles. The Morgan fingerprint density at radius 3 is 2.29 bits per heavy atom. The van der Waals surface area contributed by atoms with Crippen LogP contribution in [-0.2, 0) is 26.2 Å². The monoisotopic (exact) mass is 503 g/mol. The maximum Gasteiger partial charge on any atom is 0.242 e. The largest absolute Gasteiger partial charge is 0.497 e. The van der Waals surface area contributed by atoms with Crippen molar-refractivity contribution < 1.29 is 22.7 Å². The van der Waals surface area contributed by atoms with Crippen molar-refractivity contribution in [2.75, 3.05) is 31.3 Å². The molecule has 0 bridgehead atoms. The Morgan fingerprint density at radius 1 is 1.09 bits per heavy atom. The highest BCUT2D eigenvalue weighted by Gasteiger charge is 2.28. The van der Waals surface area contributed by atoms with Crippen molar-refractivity contribution in [2.45, 2.75) is 52.6 Å². The van der Waals surface area contributed by atoms with Crippen molar-refractivity contribution in [3.05, 3.63) is 59.2 Å². The van der Waals surface area contributed by atoms with Crippen LogP contribution in [0.2, 0.25) is 0 Å². The predicted octanol–water partition coefficient (Wildman–Crippen LogP) is 3.41. The molecule has 0 aromatic heterocycles. The Hall–Kier alpha value is -3.07. The van der Waals surface area contributed by atoms with Gasteiger partial charge in [0.1, 0.15) is 11.8 Å². The van der Waals surface area contributed by atoms with E-state index in [1.54, 1.807) is 25.1 Å². The molecule has 0 aliphatic heterocycles. The van der Waals surface area contributed by atoms with E-state index in [4.69, 9.17) is 4.74 Å². The molecule has 192 valence electrons. The lowest BCUT2D eigenvalue weighted by Gasteiger charge is -2.31. The molecule has 9 heteroatoms. The average molecular weight is 504 g/mol. The molecular formula is C26H37N3O5S. The van der Waals surface area contributed by atoms with E-state index >= 15 is 0 Å². The van der Waals surface area contributed by atoms with E-state index in [1.165, 1.54) is 10.6 Å². The van der Waals surface area contributed by atoms with Crippen molar-refractivity contribution in [3.8, 4) is 5.75 Å². The van der Waals surface area contributed by atoms with E-state index < -0.39 is 16.1 Å².